The van der Waals surface area contributed by atoms with Gasteiger partial charge in [-0.1, -0.05) is 20.8 Å². The van der Waals surface area contributed by atoms with Crippen LogP contribution in [0.1, 0.15) is 34.1 Å². The number of nitrogens with zero attached hydrogens (tertiary/aromatic N) is 1. The Morgan fingerprint density at radius 2 is 1.67 bits per heavy atom. The fourth-order valence-electron chi connectivity index (χ4n) is 1.82. The molecule has 1 aliphatic heterocycles. The monoisotopic (exact) mass is 213 g/mol. The van der Waals surface area contributed by atoms with Crippen molar-refractivity contribution in [3.63, 3.8) is 0 Å². The molecule has 0 spiro atoms. The molecule has 0 bridgehead atoms. The average molecular weight is 213 g/mol. The normalized spacial score (nSPS) is 30.9. The summed E-state index contributed by atoms with van der Waals surface area (Å²) in [5.74, 6) is -0.860. The highest BCUT2D eigenvalue weighted by molar-refractivity contribution is 6.05. The van der Waals surface area contributed by atoms with Gasteiger partial charge in [0, 0.05) is 11.8 Å². The molecule has 3 unspecified atom stereocenters. The van der Waals surface area contributed by atoms with Crippen LogP contribution in [0.25, 0.3) is 0 Å². The fourth-order valence-corrected chi connectivity index (χ4v) is 1.82. The third kappa shape index (κ3) is 1.67. The number of hydrogen-bond donors (Lipinski definition) is 1. The lowest BCUT2D eigenvalue weighted by atomic mass is 9.98. The van der Waals surface area contributed by atoms with E-state index >= 15 is 0 Å². The molecule has 0 aliphatic carbocycles. The number of carbonyl (C=O) groups excluding carboxylic acids is 2. The third-order valence-electron chi connectivity index (χ3n) is 3.61. The first-order valence-electron chi connectivity index (χ1n) is 5.37. The van der Waals surface area contributed by atoms with Gasteiger partial charge in [-0.2, -0.15) is 0 Å². The van der Waals surface area contributed by atoms with Crippen molar-refractivity contribution in [2.75, 3.05) is 6.61 Å². The van der Waals surface area contributed by atoms with Crippen LogP contribution in [0.5, 0.6) is 0 Å². The van der Waals surface area contributed by atoms with Gasteiger partial charge in [0.05, 0.1) is 12.1 Å². The Balaban J connectivity index is 3.06. The van der Waals surface area contributed by atoms with Crippen molar-refractivity contribution < 1.29 is 14.7 Å². The van der Waals surface area contributed by atoms with Crippen LogP contribution in [0.4, 0.5) is 0 Å². The van der Waals surface area contributed by atoms with E-state index in [2.05, 4.69) is 0 Å². The molecular formula is C11H19NO3. The van der Waals surface area contributed by atoms with Crippen molar-refractivity contribution in [2.24, 2.45) is 11.8 Å². The van der Waals surface area contributed by atoms with Crippen LogP contribution in [0.15, 0.2) is 0 Å². The highest BCUT2D eigenvalue weighted by Crippen LogP contribution is 2.32. The highest BCUT2D eigenvalue weighted by atomic mass is 16.3. The van der Waals surface area contributed by atoms with Crippen LogP contribution in [-0.4, -0.2) is 34.0 Å². The van der Waals surface area contributed by atoms with Gasteiger partial charge in [-0.25, -0.2) is 0 Å². The maximum absolute atomic E-state index is 11.9. The van der Waals surface area contributed by atoms with Crippen LogP contribution >= 0.6 is 0 Å². The van der Waals surface area contributed by atoms with Gasteiger partial charge in [0.15, 0.2) is 0 Å². The fraction of sp³-hybridized carbons (Fsp3) is 0.818. The highest BCUT2D eigenvalue weighted by Gasteiger charge is 2.49. The van der Waals surface area contributed by atoms with Gasteiger partial charge in [0.25, 0.3) is 0 Å². The molecule has 4 nitrogen and oxygen atoms in total. The van der Waals surface area contributed by atoms with Gasteiger partial charge in [0.1, 0.15) is 0 Å². The lowest BCUT2D eigenvalue weighted by Gasteiger charge is -2.35. The van der Waals surface area contributed by atoms with E-state index in [1.54, 1.807) is 20.8 Å². The molecule has 0 saturated carbocycles. The minimum Gasteiger partial charge on any atom is -0.394 e. The first kappa shape index (κ1) is 12.2. The van der Waals surface area contributed by atoms with Gasteiger partial charge >= 0.3 is 0 Å². The Morgan fingerprint density at radius 1 is 1.27 bits per heavy atom. The second-order valence-corrected chi connectivity index (χ2v) is 4.60. The summed E-state index contributed by atoms with van der Waals surface area (Å²) in [6.45, 7) is 6.95. The zero-order chi connectivity index (χ0) is 11.8. The zero-order valence-electron chi connectivity index (χ0n) is 9.78. The number of aliphatic hydroxyl groups is 1. The van der Waals surface area contributed by atoms with E-state index in [1.807, 2.05) is 6.92 Å². The molecule has 1 heterocycles. The second kappa shape index (κ2) is 3.93. The molecule has 86 valence electrons. The molecule has 1 N–H and O–H groups in total. The van der Waals surface area contributed by atoms with E-state index in [4.69, 9.17) is 0 Å². The second-order valence-electron chi connectivity index (χ2n) is 4.60. The van der Waals surface area contributed by atoms with E-state index in [9.17, 15) is 14.7 Å². The zero-order valence-corrected chi connectivity index (χ0v) is 9.78. The topological polar surface area (TPSA) is 57.6 Å². The Kier molecular flexibility index (Phi) is 3.19. The van der Waals surface area contributed by atoms with Crippen molar-refractivity contribution in [2.45, 2.75) is 39.7 Å². The predicted molar refractivity (Wildman–Crippen MR) is 56.0 cm³/mol. The van der Waals surface area contributed by atoms with Gasteiger partial charge in [0.2, 0.25) is 11.8 Å². The van der Waals surface area contributed by atoms with Crippen molar-refractivity contribution in [3.8, 4) is 0 Å². The third-order valence-corrected chi connectivity index (χ3v) is 3.61. The quantitative estimate of drug-likeness (QED) is 0.705. The van der Waals surface area contributed by atoms with Crippen molar-refractivity contribution in [3.05, 3.63) is 0 Å². The number of imide groups is 1. The van der Waals surface area contributed by atoms with Crippen LogP contribution in [-0.2, 0) is 9.59 Å². The molecule has 0 aromatic heterocycles. The summed E-state index contributed by atoms with van der Waals surface area (Å²) in [6, 6.07) is 0. The Morgan fingerprint density at radius 3 is 1.93 bits per heavy atom. The van der Waals surface area contributed by atoms with Crippen molar-refractivity contribution in [1.29, 1.82) is 0 Å². The van der Waals surface area contributed by atoms with Crippen LogP contribution in [0.2, 0.25) is 0 Å². The molecule has 1 aliphatic rings. The Labute approximate surface area is 90.3 Å². The molecule has 2 amide bonds. The maximum Gasteiger partial charge on any atom is 0.233 e. The largest absolute Gasteiger partial charge is 0.394 e. The number of likely N-dealkylation sites (tertiary alicyclic amines) is 1. The van der Waals surface area contributed by atoms with E-state index in [0.717, 1.165) is 0 Å². The molecule has 1 saturated heterocycles. The number of aliphatic hydroxyl groups excluding tert-OH is 1. The molecule has 0 aromatic carbocycles. The molecule has 3 atom stereocenters. The Hall–Kier alpha value is -0.900. The standard InChI is InChI=1S/C11H19NO3/c1-5-11(4,6-13)12-9(14)7(2)8(3)10(12)15/h7-8,13H,5-6H2,1-4H3. The minimum absolute atomic E-state index is 0.161. The summed E-state index contributed by atoms with van der Waals surface area (Å²) in [5, 5.41) is 9.31. The molecule has 1 rings (SSSR count). The SMILES string of the molecule is CCC(C)(CO)N1C(=O)C(C)C(C)C1=O. The van der Waals surface area contributed by atoms with Crippen molar-refractivity contribution >= 4 is 11.8 Å². The lowest BCUT2D eigenvalue weighted by Crippen LogP contribution is -2.52. The first-order valence-corrected chi connectivity index (χ1v) is 5.37. The van der Waals surface area contributed by atoms with Gasteiger partial charge in [-0.3, -0.25) is 14.5 Å². The number of rotatable bonds is 3. The molecule has 1 fully saturated rings. The summed E-state index contributed by atoms with van der Waals surface area (Å²) in [6.07, 6.45) is 0.570. The molecule has 4 heteroatoms. The average Bonchev–Trinajstić information content (AvgIpc) is 2.43. The van der Waals surface area contributed by atoms with Crippen LogP contribution in [0, 0.1) is 11.8 Å². The number of hydrogen-bond acceptors (Lipinski definition) is 3. The predicted octanol–water partition coefficient (Wildman–Crippen LogP) is 0.788. The molecule has 0 aromatic rings. The van der Waals surface area contributed by atoms with Gasteiger partial charge in [-0.15, -0.1) is 0 Å². The summed E-state index contributed by atoms with van der Waals surface area (Å²) in [4.78, 5) is 25.0. The molecule has 15 heavy (non-hydrogen) atoms. The van der Waals surface area contributed by atoms with Crippen molar-refractivity contribution in [1.82, 2.24) is 4.90 Å². The molecule has 0 radical (unpaired) electrons. The summed E-state index contributed by atoms with van der Waals surface area (Å²) >= 11 is 0. The number of carbonyl (C=O) groups is 2. The smallest absolute Gasteiger partial charge is 0.233 e. The summed E-state index contributed by atoms with van der Waals surface area (Å²) in [5.41, 5.74) is -0.743. The van der Waals surface area contributed by atoms with E-state index in [-0.39, 0.29) is 30.3 Å². The summed E-state index contributed by atoms with van der Waals surface area (Å²) in [7, 11) is 0. The Bertz CT molecular complexity index is 264. The molecular weight excluding hydrogens is 194 g/mol. The maximum atomic E-state index is 11.9. The minimum atomic E-state index is -0.743. The van der Waals surface area contributed by atoms with E-state index in [0.29, 0.717) is 6.42 Å². The first-order chi connectivity index (χ1) is 6.89. The van der Waals surface area contributed by atoms with Crippen LogP contribution < -0.4 is 0 Å². The van der Waals surface area contributed by atoms with E-state index in [1.165, 1.54) is 4.90 Å². The van der Waals surface area contributed by atoms with Gasteiger partial charge in [-0.05, 0) is 13.3 Å². The van der Waals surface area contributed by atoms with Crippen LogP contribution in [0.3, 0.4) is 0 Å². The summed E-state index contributed by atoms with van der Waals surface area (Å²) < 4.78 is 0. The van der Waals surface area contributed by atoms with Gasteiger partial charge < -0.3 is 5.11 Å². The van der Waals surface area contributed by atoms with E-state index < -0.39 is 5.54 Å². The number of amides is 2. The lowest BCUT2D eigenvalue weighted by molar-refractivity contribution is -0.148.